The van der Waals surface area contributed by atoms with Gasteiger partial charge >= 0.3 is 0 Å². The lowest BCUT2D eigenvalue weighted by Crippen LogP contribution is -2.55. The van der Waals surface area contributed by atoms with Crippen molar-refractivity contribution in [1.29, 1.82) is 0 Å². The van der Waals surface area contributed by atoms with E-state index in [2.05, 4.69) is 61.3 Å². The van der Waals surface area contributed by atoms with Gasteiger partial charge in [-0.15, -0.1) is 37.2 Å². The van der Waals surface area contributed by atoms with Gasteiger partial charge in [0.2, 0.25) is 5.91 Å². The first-order valence-electron chi connectivity index (χ1n) is 15.9. The summed E-state index contributed by atoms with van der Waals surface area (Å²) in [6.07, 6.45) is 6.80. The number of pyridine rings is 1. The minimum Gasteiger partial charge on any atom is -0.385 e. The quantitative estimate of drug-likeness (QED) is 0.301. The maximum absolute atomic E-state index is 14.3. The first-order chi connectivity index (χ1) is 20.6. The van der Waals surface area contributed by atoms with Gasteiger partial charge in [0.15, 0.2) is 0 Å². The second-order valence-electron chi connectivity index (χ2n) is 13.4. The molecule has 2 N–H and O–H groups in total. The van der Waals surface area contributed by atoms with E-state index >= 15 is 0 Å². The van der Waals surface area contributed by atoms with Crippen molar-refractivity contribution in [3.63, 3.8) is 0 Å². The molecule has 2 aliphatic rings. The molecule has 2 aliphatic heterocycles. The Labute approximate surface area is 293 Å². The molecule has 0 radical (unpaired) electrons. The number of nitrogens with one attached hydrogen (secondary N) is 2. The number of piperidine rings is 2. The van der Waals surface area contributed by atoms with Gasteiger partial charge in [-0.25, -0.2) is 9.97 Å². The van der Waals surface area contributed by atoms with Crippen LogP contribution in [0.2, 0.25) is 0 Å². The van der Waals surface area contributed by atoms with Gasteiger partial charge in [0.1, 0.15) is 17.2 Å². The predicted molar refractivity (Wildman–Crippen MR) is 191 cm³/mol. The molecule has 0 aromatic carbocycles. The van der Waals surface area contributed by atoms with Crippen LogP contribution in [0, 0.1) is 11.8 Å². The summed E-state index contributed by atoms with van der Waals surface area (Å²) in [6, 6.07) is 5.95. The SMILES string of the molecule is COCCCNc1nc(C(C)(C)C)ncc1C(=O)N(CC(C)C)[C@@H]1CNC[C@H](C(=O)N2CCC(c3ccccn3)CC2)C1.Cl.Cl.Cl. The number of nitrogens with zero attached hydrogens (tertiary/aromatic N) is 5. The van der Waals surface area contributed by atoms with Crippen molar-refractivity contribution in [2.24, 2.45) is 11.8 Å². The Kier molecular flexibility index (Phi) is 17.8. The molecule has 46 heavy (non-hydrogen) atoms. The minimum absolute atomic E-state index is 0. The zero-order valence-electron chi connectivity index (χ0n) is 28.2. The lowest BCUT2D eigenvalue weighted by Gasteiger charge is -2.41. The molecule has 13 heteroatoms. The molecule has 4 rings (SSSR count). The molecule has 2 aromatic heterocycles. The summed E-state index contributed by atoms with van der Waals surface area (Å²) in [6.45, 7) is 15.1. The first kappa shape index (κ1) is 41.8. The number of likely N-dealkylation sites (tertiary alicyclic amines) is 1. The molecular weight excluding hydrogens is 649 g/mol. The van der Waals surface area contributed by atoms with Gasteiger partial charge in [-0.3, -0.25) is 14.6 Å². The highest BCUT2D eigenvalue weighted by Crippen LogP contribution is 2.29. The van der Waals surface area contributed by atoms with E-state index in [4.69, 9.17) is 9.72 Å². The van der Waals surface area contributed by atoms with Crippen LogP contribution in [0.1, 0.15) is 88.1 Å². The number of methoxy groups -OCH3 is 1. The fourth-order valence-corrected chi connectivity index (χ4v) is 6.02. The molecule has 2 amide bonds. The van der Waals surface area contributed by atoms with Crippen LogP contribution in [0.25, 0.3) is 0 Å². The average Bonchev–Trinajstić information content (AvgIpc) is 3.01. The average molecular weight is 703 g/mol. The fraction of sp³-hybridized carbons (Fsp3) is 0.667. The minimum atomic E-state index is -0.255. The number of carbonyl (C=O) groups is 2. The second kappa shape index (κ2) is 19.5. The molecule has 0 bridgehead atoms. The van der Waals surface area contributed by atoms with E-state index in [1.165, 1.54) is 0 Å². The molecule has 0 saturated carbocycles. The molecule has 0 aliphatic carbocycles. The van der Waals surface area contributed by atoms with Gasteiger partial charge in [0.25, 0.3) is 5.91 Å². The highest BCUT2D eigenvalue weighted by Gasteiger charge is 2.37. The monoisotopic (exact) mass is 701 g/mol. The zero-order chi connectivity index (χ0) is 31.0. The Morgan fingerprint density at radius 3 is 2.43 bits per heavy atom. The lowest BCUT2D eigenvalue weighted by atomic mass is 9.89. The van der Waals surface area contributed by atoms with E-state index in [1.807, 2.05) is 28.1 Å². The summed E-state index contributed by atoms with van der Waals surface area (Å²) in [4.78, 5) is 45.9. The van der Waals surface area contributed by atoms with E-state index in [-0.39, 0.29) is 72.3 Å². The van der Waals surface area contributed by atoms with Gasteiger partial charge in [0, 0.05) is 88.4 Å². The summed E-state index contributed by atoms with van der Waals surface area (Å²) in [5.41, 5.74) is 1.33. The number of amides is 2. The predicted octanol–water partition coefficient (Wildman–Crippen LogP) is 5.37. The number of rotatable bonds is 11. The Bertz CT molecular complexity index is 1210. The standard InChI is InChI=1S/C33H51N7O3.3ClH/c1-23(2)22-40(31(42)27-21-37-32(33(3,4)5)38-29(27)36-14-9-17-43-6)26-18-25(19-34-20-26)30(41)39-15-11-24(12-16-39)28-10-7-8-13-35-28;;;/h7-8,10,13,21,23-26,34H,9,11-12,14-20,22H2,1-6H3,(H,36,37,38);3*1H/t25-,26+;;;/m1.../s1. The summed E-state index contributed by atoms with van der Waals surface area (Å²) < 4.78 is 5.21. The van der Waals surface area contributed by atoms with Crippen molar-refractivity contribution in [2.45, 2.75) is 77.7 Å². The molecule has 10 nitrogen and oxygen atoms in total. The largest absolute Gasteiger partial charge is 0.385 e. The summed E-state index contributed by atoms with van der Waals surface area (Å²) >= 11 is 0. The van der Waals surface area contributed by atoms with Crippen LogP contribution < -0.4 is 10.6 Å². The third kappa shape index (κ3) is 11.2. The summed E-state index contributed by atoms with van der Waals surface area (Å²) in [7, 11) is 1.68. The third-order valence-electron chi connectivity index (χ3n) is 8.36. The van der Waals surface area contributed by atoms with E-state index in [1.54, 1.807) is 13.3 Å². The number of carbonyl (C=O) groups excluding carboxylic acids is 2. The Morgan fingerprint density at radius 1 is 1.11 bits per heavy atom. The third-order valence-corrected chi connectivity index (χ3v) is 8.36. The smallest absolute Gasteiger partial charge is 0.259 e. The molecule has 0 spiro atoms. The molecule has 2 aromatic rings. The van der Waals surface area contributed by atoms with Gasteiger partial charge < -0.3 is 25.2 Å². The molecule has 4 heterocycles. The fourth-order valence-electron chi connectivity index (χ4n) is 6.02. The molecule has 2 saturated heterocycles. The molecular formula is C33H54Cl3N7O3. The van der Waals surface area contributed by atoms with Crippen molar-refractivity contribution in [3.05, 3.63) is 47.7 Å². The first-order valence-corrected chi connectivity index (χ1v) is 15.9. The van der Waals surface area contributed by atoms with Gasteiger partial charge in [-0.05, 0) is 43.7 Å². The number of anilines is 1. The van der Waals surface area contributed by atoms with E-state index in [0.717, 1.165) is 38.0 Å². The van der Waals surface area contributed by atoms with Crippen molar-refractivity contribution in [2.75, 3.05) is 58.3 Å². The summed E-state index contributed by atoms with van der Waals surface area (Å²) in [5.74, 6) is 1.82. The van der Waals surface area contributed by atoms with Crippen LogP contribution in [0.3, 0.4) is 0 Å². The number of ether oxygens (including phenoxy) is 1. The van der Waals surface area contributed by atoms with E-state index in [0.29, 0.717) is 62.3 Å². The van der Waals surface area contributed by atoms with Crippen LogP contribution in [0.4, 0.5) is 5.82 Å². The number of aromatic nitrogens is 3. The molecule has 260 valence electrons. The maximum Gasteiger partial charge on any atom is 0.259 e. The van der Waals surface area contributed by atoms with Crippen LogP contribution in [0.5, 0.6) is 0 Å². The highest BCUT2D eigenvalue weighted by molar-refractivity contribution is 5.98. The van der Waals surface area contributed by atoms with E-state index in [9.17, 15) is 9.59 Å². The van der Waals surface area contributed by atoms with Crippen molar-refractivity contribution >= 4 is 54.9 Å². The van der Waals surface area contributed by atoms with Gasteiger partial charge in [-0.2, -0.15) is 0 Å². The van der Waals surface area contributed by atoms with Crippen LogP contribution in [-0.4, -0.2) is 95.6 Å². The van der Waals surface area contributed by atoms with Crippen LogP contribution in [0.15, 0.2) is 30.6 Å². The lowest BCUT2D eigenvalue weighted by molar-refractivity contribution is -0.137. The number of hydrogen-bond donors (Lipinski definition) is 2. The Morgan fingerprint density at radius 2 is 1.83 bits per heavy atom. The Hall–Kier alpha value is -2.24. The van der Waals surface area contributed by atoms with Crippen LogP contribution in [-0.2, 0) is 14.9 Å². The second-order valence-corrected chi connectivity index (χ2v) is 13.4. The highest BCUT2D eigenvalue weighted by atomic mass is 35.5. The molecule has 2 fully saturated rings. The van der Waals surface area contributed by atoms with Gasteiger partial charge in [-0.1, -0.05) is 40.7 Å². The van der Waals surface area contributed by atoms with Crippen molar-refractivity contribution in [3.8, 4) is 0 Å². The maximum atomic E-state index is 14.3. The number of hydrogen-bond acceptors (Lipinski definition) is 8. The molecule has 2 atom stereocenters. The zero-order valence-corrected chi connectivity index (χ0v) is 30.6. The normalized spacial score (nSPS) is 18.5. The van der Waals surface area contributed by atoms with Crippen molar-refractivity contribution < 1.29 is 14.3 Å². The number of halogens is 3. The summed E-state index contributed by atoms with van der Waals surface area (Å²) in [5, 5.41) is 6.86. The van der Waals surface area contributed by atoms with E-state index < -0.39 is 0 Å². The van der Waals surface area contributed by atoms with Gasteiger partial charge in [0.05, 0.1) is 5.92 Å². The topological polar surface area (TPSA) is 113 Å². The van der Waals surface area contributed by atoms with Crippen LogP contribution >= 0.6 is 37.2 Å². The molecule has 0 unspecified atom stereocenters. The Balaban J connectivity index is 0.00000353. The van der Waals surface area contributed by atoms with Crippen molar-refractivity contribution in [1.82, 2.24) is 30.1 Å².